The molecule has 1 saturated carbocycles. The smallest absolute Gasteiger partial charge is 0.363 e. The third-order valence-electron chi connectivity index (χ3n) is 4.39. The third kappa shape index (κ3) is 5.79. The topological polar surface area (TPSA) is 52.6 Å². The number of hydrogen-bond donors (Lipinski definition) is 2. The van der Waals surface area contributed by atoms with Gasteiger partial charge in [0.15, 0.2) is 5.96 Å². The minimum Gasteiger partial charge on any atom is -0.363 e. The molecule has 0 aromatic carbocycles. The normalized spacial score (nSPS) is 21.8. The highest BCUT2D eigenvalue weighted by Gasteiger charge is 2.42. The lowest BCUT2D eigenvalue weighted by molar-refractivity contribution is -0.183. The number of guanidine groups is 1. The van der Waals surface area contributed by atoms with Gasteiger partial charge in [-0.15, -0.1) is 0 Å². The number of nitrogens with zero attached hydrogens (tertiary/aromatic N) is 3. The Balaban J connectivity index is 1.89. The molecule has 0 aliphatic heterocycles. The molecule has 0 bridgehead atoms. The van der Waals surface area contributed by atoms with E-state index in [0.717, 1.165) is 17.9 Å². The second kappa shape index (κ2) is 8.40. The molecule has 2 N–H and O–H groups in total. The van der Waals surface area contributed by atoms with Gasteiger partial charge in [0.1, 0.15) is 5.82 Å². The zero-order chi connectivity index (χ0) is 18.4. The molecule has 2 atom stereocenters. The van der Waals surface area contributed by atoms with Crippen LogP contribution in [0.2, 0.25) is 0 Å². The molecule has 0 amide bonds. The number of nitrogens with one attached hydrogen (secondary N) is 2. The van der Waals surface area contributed by atoms with Crippen LogP contribution >= 0.6 is 0 Å². The van der Waals surface area contributed by atoms with Crippen molar-refractivity contribution in [1.29, 1.82) is 0 Å². The van der Waals surface area contributed by atoms with Crippen LogP contribution in [0.1, 0.15) is 31.4 Å². The molecule has 0 spiro atoms. The van der Waals surface area contributed by atoms with Crippen LogP contribution in [0.3, 0.4) is 0 Å². The lowest BCUT2D eigenvalue weighted by atomic mass is 9.85. The summed E-state index contributed by atoms with van der Waals surface area (Å²) in [6, 6.07) is 5.52. The van der Waals surface area contributed by atoms with Crippen molar-refractivity contribution in [2.45, 2.75) is 44.4 Å². The van der Waals surface area contributed by atoms with E-state index in [1.807, 2.05) is 37.2 Å². The van der Waals surface area contributed by atoms with E-state index < -0.39 is 12.1 Å². The zero-order valence-corrected chi connectivity index (χ0v) is 14.9. The van der Waals surface area contributed by atoms with Crippen molar-refractivity contribution in [3.8, 4) is 0 Å². The Morgan fingerprint density at radius 2 is 2.08 bits per heavy atom. The summed E-state index contributed by atoms with van der Waals surface area (Å²) in [6.07, 6.45) is -2.51. The minimum atomic E-state index is -4.12. The van der Waals surface area contributed by atoms with Gasteiger partial charge in [0, 0.05) is 27.2 Å². The lowest BCUT2D eigenvalue weighted by Crippen LogP contribution is -2.46. The van der Waals surface area contributed by atoms with Crippen molar-refractivity contribution < 1.29 is 13.2 Å². The molecule has 1 aromatic heterocycles. The fraction of sp³-hybridized carbons (Fsp3) is 0.647. The van der Waals surface area contributed by atoms with E-state index in [1.54, 1.807) is 7.05 Å². The molecule has 0 saturated heterocycles. The number of alkyl halides is 3. The number of aliphatic imine (C=N–C) groups is 1. The molecule has 2 unspecified atom stereocenters. The number of rotatable bonds is 4. The van der Waals surface area contributed by atoms with Crippen molar-refractivity contribution in [1.82, 2.24) is 15.6 Å². The first-order valence-electron chi connectivity index (χ1n) is 8.46. The van der Waals surface area contributed by atoms with Gasteiger partial charge in [-0.25, -0.2) is 4.98 Å². The van der Waals surface area contributed by atoms with Crippen molar-refractivity contribution in [2.75, 3.05) is 26.0 Å². The number of hydrogen-bond acceptors (Lipinski definition) is 3. The van der Waals surface area contributed by atoms with E-state index in [4.69, 9.17) is 0 Å². The van der Waals surface area contributed by atoms with E-state index in [2.05, 4.69) is 20.6 Å². The molecule has 8 heteroatoms. The van der Waals surface area contributed by atoms with Gasteiger partial charge in [-0.1, -0.05) is 12.5 Å². The SMILES string of the molecule is CN=C(NCc1cccc(N(C)C)n1)NC1CCCC(C(F)(F)F)C1. The Hall–Kier alpha value is -1.99. The number of pyridine rings is 1. The van der Waals surface area contributed by atoms with Gasteiger partial charge in [-0.3, -0.25) is 4.99 Å². The van der Waals surface area contributed by atoms with Gasteiger partial charge < -0.3 is 15.5 Å². The summed E-state index contributed by atoms with van der Waals surface area (Å²) >= 11 is 0. The predicted molar refractivity (Wildman–Crippen MR) is 93.7 cm³/mol. The van der Waals surface area contributed by atoms with E-state index in [-0.39, 0.29) is 18.9 Å². The van der Waals surface area contributed by atoms with Crippen LogP contribution < -0.4 is 15.5 Å². The lowest BCUT2D eigenvalue weighted by Gasteiger charge is -2.31. The Morgan fingerprint density at radius 1 is 1.32 bits per heavy atom. The first-order valence-corrected chi connectivity index (χ1v) is 8.46. The summed E-state index contributed by atoms with van der Waals surface area (Å²) in [5, 5.41) is 6.25. The first-order chi connectivity index (χ1) is 11.8. The fourth-order valence-electron chi connectivity index (χ4n) is 2.99. The average molecular weight is 357 g/mol. The largest absolute Gasteiger partial charge is 0.391 e. The molecule has 1 aromatic rings. The molecule has 5 nitrogen and oxygen atoms in total. The summed E-state index contributed by atoms with van der Waals surface area (Å²) in [5.41, 5.74) is 0.839. The van der Waals surface area contributed by atoms with E-state index in [9.17, 15) is 13.2 Å². The van der Waals surface area contributed by atoms with Crippen molar-refractivity contribution in [2.24, 2.45) is 10.9 Å². The maximum Gasteiger partial charge on any atom is 0.391 e. The fourth-order valence-corrected chi connectivity index (χ4v) is 2.99. The van der Waals surface area contributed by atoms with Gasteiger partial charge in [0.25, 0.3) is 0 Å². The molecule has 25 heavy (non-hydrogen) atoms. The minimum absolute atomic E-state index is 0.0958. The number of anilines is 1. The highest BCUT2D eigenvalue weighted by molar-refractivity contribution is 5.79. The quantitative estimate of drug-likeness (QED) is 0.643. The van der Waals surface area contributed by atoms with E-state index >= 15 is 0 Å². The number of halogens is 3. The second-order valence-corrected chi connectivity index (χ2v) is 6.55. The van der Waals surface area contributed by atoms with Gasteiger partial charge >= 0.3 is 6.18 Å². The molecule has 1 aliphatic rings. The maximum atomic E-state index is 12.9. The van der Waals surface area contributed by atoms with Crippen molar-refractivity contribution >= 4 is 11.8 Å². The summed E-state index contributed by atoms with van der Waals surface area (Å²) in [6.45, 7) is 0.455. The van der Waals surface area contributed by atoms with Gasteiger partial charge in [0.2, 0.25) is 0 Å². The molecular formula is C17H26F3N5. The molecule has 0 radical (unpaired) electrons. The van der Waals surface area contributed by atoms with Crippen LogP contribution in [0.5, 0.6) is 0 Å². The van der Waals surface area contributed by atoms with Crippen LogP contribution in [0.15, 0.2) is 23.2 Å². The monoisotopic (exact) mass is 357 g/mol. The van der Waals surface area contributed by atoms with Gasteiger partial charge in [0.05, 0.1) is 18.2 Å². The molecule has 2 rings (SSSR count). The van der Waals surface area contributed by atoms with Gasteiger partial charge in [-0.2, -0.15) is 13.2 Å². The standard InChI is InChI=1S/C17H26F3N5/c1-21-16(22-11-14-8-5-9-15(23-14)25(2)3)24-13-7-4-6-12(10-13)17(18,19)20/h5,8-9,12-13H,4,6-7,10-11H2,1-3H3,(H2,21,22,24). The molecular weight excluding hydrogens is 331 g/mol. The predicted octanol–water partition coefficient (Wildman–Crippen LogP) is 2.93. The Kier molecular flexibility index (Phi) is 6.50. The maximum absolute atomic E-state index is 12.9. The van der Waals surface area contributed by atoms with Crippen LogP contribution in [0.4, 0.5) is 19.0 Å². The zero-order valence-electron chi connectivity index (χ0n) is 14.9. The Bertz CT molecular complexity index is 586. The van der Waals surface area contributed by atoms with Crippen LogP contribution in [-0.2, 0) is 6.54 Å². The number of aromatic nitrogens is 1. The third-order valence-corrected chi connectivity index (χ3v) is 4.39. The van der Waals surface area contributed by atoms with E-state index in [0.29, 0.717) is 18.9 Å². The van der Waals surface area contributed by atoms with Gasteiger partial charge in [-0.05, 0) is 31.4 Å². The molecule has 1 fully saturated rings. The molecule has 1 heterocycles. The first kappa shape index (κ1) is 19.3. The van der Waals surface area contributed by atoms with Crippen LogP contribution in [0.25, 0.3) is 0 Å². The summed E-state index contributed by atoms with van der Waals surface area (Å²) in [5.74, 6) is 0.128. The van der Waals surface area contributed by atoms with Crippen LogP contribution in [-0.4, -0.2) is 44.3 Å². The summed E-state index contributed by atoms with van der Waals surface area (Å²) in [4.78, 5) is 10.5. The molecule has 1 aliphatic carbocycles. The summed E-state index contributed by atoms with van der Waals surface area (Å²) in [7, 11) is 5.45. The van der Waals surface area contributed by atoms with Crippen molar-refractivity contribution in [3.63, 3.8) is 0 Å². The molecule has 140 valence electrons. The van der Waals surface area contributed by atoms with Crippen LogP contribution in [0, 0.1) is 5.92 Å². The van der Waals surface area contributed by atoms with Crippen molar-refractivity contribution in [3.05, 3.63) is 23.9 Å². The van der Waals surface area contributed by atoms with E-state index in [1.165, 1.54) is 0 Å². The Morgan fingerprint density at radius 3 is 2.72 bits per heavy atom. The Labute approximate surface area is 146 Å². The highest BCUT2D eigenvalue weighted by Crippen LogP contribution is 2.37. The highest BCUT2D eigenvalue weighted by atomic mass is 19.4. The summed E-state index contributed by atoms with van der Waals surface area (Å²) < 4.78 is 38.8. The second-order valence-electron chi connectivity index (χ2n) is 6.55. The average Bonchev–Trinajstić information content (AvgIpc) is 2.58.